The van der Waals surface area contributed by atoms with Gasteiger partial charge in [0, 0.05) is 22.7 Å². The summed E-state index contributed by atoms with van der Waals surface area (Å²) in [6, 6.07) is 21.5. The number of hydrogen-bond donors (Lipinski definition) is 4. The van der Waals surface area contributed by atoms with Crippen LogP contribution < -0.4 is 21.3 Å². The van der Waals surface area contributed by atoms with E-state index in [-0.39, 0.29) is 6.03 Å². The molecule has 6 bridgehead atoms. The number of fused-ring (bicyclic) bond motifs is 6. The first-order chi connectivity index (χ1) is 19.6. The summed E-state index contributed by atoms with van der Waals surface area (Å²) in [6.45, 7) is 2.07. The maximum absolute atomic E-state index is 12.9. The predicted molar refractivity (Wildman–Crippen MR) is 154 cm³/mol. The lowest BCUT2D eigenvalue weighted by atomic mass is 10.0. The molecule has 3 aromatic carbocycles. The molecule has 41 heavy (non-hydrogen) atoms. The van der Waals surface area contributed by atoms with Crippen molar-refractivity contribution in [2.75, 3.05) is 21.3 Å². The van der Waals surface area contributed by atoms with E-state index in [1.807, 2.05) is 54.6 Å². The number of para-hydroxylation sites is 1. The number of benzene rings is 3. The normalized spacial score (nSPS) is 12.0. The number of amides is 2. The summed E-state index contributed by atoms with van der Waals surface area (Å²) in [5, 5.41) is 12.9. The van der Waals surface area contributed by atoms with E-state index < -0.39 is 12.5 Å². The minimum absolute atomic E-state index is 0.277. The molecular weight excluding hydrogens is 557 g/mol. The van der Waals surface area contributed by atoms with Gasteiger partial charge in [-0.3, -0.25) is 4.79 Å². The van der Waals surface area contributed by atoms with Crippen molar-refractivity contribution in [3.8, 4) is 0 Å². The average Bonchev–Trinajstić information content (AvgIpc) is 2.95. The van der Waals surface area contributed by atoms with Crippen molar-refractivity contribution < 1.29 is 22.8 Å². The zero-order chi connectivity index (χ0) is 29.4. The average molecular weight is 583 g/mol. The predicted octanol–water partition coefficient (Wildman–Crippen LogP) is 7.67. The van der Waals surface area contributed by atoms with Gasteiger partial charge in [0.15, 0.2) is 5.82 Å². The molecule has 0 saturated carbocycles. The Morgan fingerprint density at radius 1 is 0.976 bits per heavy atom. The highest BCUT2D eigenvalue weighted by molar-refractivity contribution is 6.32. The van der Waals surface area contributed by atoms with E-state index in [4.69, 9.17) is 16.4 Å². The zero-order valence-electron chi connectivity index (χ0n) is 21.8. The first kappa shape index (κ1) is 29.3. The molecule has 0 radical (unpaired) electrons. The van der Waals surface area contributed by atoms with Crippen LogP contribution >= 0.6 is 11.6 Å². The summed E-state index contributed by atoms with van der Waals surface area (Å²) in [4.78, 5) is 30.4. The number of carbonyl (C=O) groups excluding carboxylic acids is 2. The third kappa shape index (κ3) is 8.42. The molecule has 0 spiro atoms. The molecule has 2 amide bonds. The maximum atomic E-state index is 12.9. The number of aryl methyl sites for hydroxylation is 3. The van der Waals surface area contributed by atoms with Crippen LogP contribution in [0.5, 0.6) is 0 Å². The molecule has 0 fully saturated rings. The SMILES string of the molecule is CCc1ccccc1NC(=O)Nc1ccc2cc1CCc1cccc(c1)Nc1ncc(Cl)c(n1)N2.O=CC(F)(F)F. The van der Waals surface area contributed by atoms with Gasteiger partial charge in [0.05, 0.1) is 6.20 Å². The topological polar surface area (TPSA) is 108 Å². The molecular formula is C29H26ClF3N6O2. The number of nitrogens with zero attached hydrogens (tertiary/aromatic N) is 2. The maximum Gasteiger partial charge on any atom is 0.446 e. The number of halogens is 4. The summed E-state index contributed by atoms with van der Waals surface area (Å²) in [5.41, 5.74) is 6.52. The number of nitrogens with one attached hydrogen (secondary N) is 4. The van der Waals surface area contributed by atoms with Gasteiger partial charge in [0.1, 0.15) is 5.02 Å². The Labute approximate surface area is 239 Å². The van der Waals surface area contributed by atoms with Crippen LogP contribution in [0.3, 0.4) is 0 Å². The van der Waals surface area contributed by atoms with Crippen molar-refractivity contribution in [3.05, 3.63) is 94.6 Å². The van der Waals surface area contributed by atoms with Gasteiger partial charge in [-0.15, -0.1) is 0 Å². The first-order valence-corrected chi connectivity index (χ1v) is 13.0. The van der Waals surface area contributed by atoms with E-state index in [1.54, 1.807) is 6.20 Å². The quantitative estimate of drug-likeness (QED) is 0.185. The van der Waals surface area contributed by atoms with Crippen LogP contribution in [-0.2, 0) is 24.1 Å². The molecule has 0 atom stereocenters. The van der Waals surface area contributed by atoms with Crippen molar-refractivity contribution in [1.29, 1.82) is 0 Å². The highest BCUT2D eigenvalue weighted by Crippen LogP contribution is 2.29. The molecule has 4 N–H and O–H groups in total. The van der Waals surface area contributed by atoms with Crippen molar-refractivity contribution >= 4 is 58.4 Å². The lowest BCUT2D eigenvalue weighted by molar-refractivity contribution is -0.156. The molecule has 5 rings (SSSR count). The van der Waals surface area contributed by atoms with E-state index in [0.717, 1.165) is 58.7 Å². The van der Waals surface area contributed by atoms with Crippen molar-refractivity contribution in [2.24, 2.45) is 0 Å². The number of aromatic nitrogens is 2. The van der Waals surface area contributed by atoms with Crippen LogP contribution in [0.2, 0.25) is 5.02 Å². The Morgan fingerprint density at radius 2 is 1.71 bits per heavy atom. The smallest absolute Gasteiger partial charge is 0.339 e. The molecule has 0 saturated heterocycles. The standard InChI is InChI=1S/C27H25ClN6O.C2HF3O/c1-2-18-7-3-4-9-23(18)32-27(35)33-24-13-12-21-15-19(24)11-10-17-6-5-8-20(14-17)31-26-29-16-22(28)25(30-21)34-26;3-2(4,5)1-6/h3-9,12-16H,2,10-11H2,1H3,(H2,32,33,35)(H2,29,30,31,34);1H. The van der Waals surface area contributed by atoms with Crippen LogP contribution in [0.4, 0.5) is 52.5 Å². The van der Waals surface area contributed by atoms with Gasteiger partial charge in [-0.25, -0.2) is 9.78 Å². The second-order valence-electron chi connectivity index (χ2n) is 8.96. The number of carbonyl (C=O) groups is 2. The fourth-order valence-corrected chi connectivity index (χ4v) is 4.23. The fraction of sp³-hybridized carbons (Fsp3) is 0.172. The highest BCUT2D eigenvalue weighted by atomic mass is 35.5. The second kappa shape index (κ2) is 13.1. The van der Waals surface area contributed by atoms with Gasteiger partial charge in [-0.2, -0.15) is 18.2 Å². The molecule has 1 aliphatic heterocycles. The number of aldehydes is 1. The highest BCUT2D eigenvalue weighted by Gasteiger charge is 2.25. The van der Waals surface area contributed by atoms with Crippen molar-refractivity contribution in [1.82, 2.24) is 9.97 Å². The largest absolute Gasteiger partial charge is 0.446 e. The van der Waals surface area contributed by atoms with Crippen LogP contribution in [0.1, 0.15) is 23.6 Å². The Bertz CT molecular complexity index is 1550. The number of hydrogen-bond acceptors (Lipinski definition) is 6. The summed E-state index contributed by atoms with van der Waals surface area (Å²) >= 11 is 6.35. The minimum atomic E-state index is -4.64. The summed E-state index contributed by atoms with van der Waals surface area (Å²) in [6.07, 6.45) is -1.77. The Morgan fingerprint density at radius 3 is 2.46 bits per heavy atom. The van der Waals surface area contributed by atoms with Crippen LogP contribution in [0.25, 0.3) is 0 Å². The Kier molecular flexibility index (Phi) is 9.41. The third-order valence-corrected chi connectivity index (χ3v) is 6.28. The molecule has 1 aliphatic rings. The number of urea groups is 1. The monoisotopic (exact) mass is 582 g/mol. The lowest BCUT2D eigenvalue weighted by Gasteiger charge is -2.16. The Balaban J connectivity index is 0.000000585. The van der Waals surface area contributed by atoms with Gasteiger partial charge in [0.2, 0.25) is 12.2 Å². The summed E-state index contributed by atoms with van der Waals surface area (Å²) in [5.74, 6) is 0.955. The van der Waals surface area contributed by atoms with E-state index >= 15 is 0 Å². The fourth-order valence-electron chi connectivity index (χ4n) is 4.09. The lowest BCUT2D eigenvalue weighted by Crippen LogP contribution is -2.21. The van der Waals surface area contributed by atoms with Gasteiger partial charge < -0.3 is 21.3 Å². The first-order valence-electron chi connectivity index (χ1n) is 12.6. The van der Waals surface area contributed by atoms with Crippen molar-refractivity contribution in [3.63, 3.8) is 0 Å². The molecule has 1 aromatic heterocycles. The Hall–Kier alpha value is -4.64. The van der Waals surface area contributed by atoms with Crippen LogP contribution in [0, 0.1) is 0 Å². The molecule has 0 unspecified atom stereocenters. The van der Waals surface area contributed by atoms with Crippen LogP contribution in [-0.4, -0.2) is 28.5 Å². The number of anilines is 6. The van der Waals surface area contributed by atoms with Crippen LogP contribution in [0.15, 0.2) is 72.9 Å². The second-order valence-corrected chi connectivity index (χ2v) is 9.37. The van der Waals surface area contributed by atoms with Gasteiger partial charge in [-0.05, 0) is 72.4 Å². The molecule has 212 valence electrons. The molecule has 0 aliphatic carbocycles. The van der Waals surface area contributed by atoms with E-state index in [1.165, 1.54) is 0 Å². The number of rotatable bonds is 3. The van der Waals surface area contributed by atoms with Gasteiger partial charge >= 0.3 is 12.2 Å². The van der Waals surface area contributed by atoms with E-state index in [0.29, 0.717) is 16.8 Å². The van der Waals surface area contributed by atoms with Gasteiger partial charge in [0.25, 0.3) is 0 Å². The van der Waals surface area contributed by atoms with E-state index in [2.05, 4.69) is 50.3 Å². The molecule has 12 heteroatoms. The summed E-state index contributed by atoms with van der Waals surface area (Å²) < 4.78 is 31.2. The molecule has 4 aromatic rings. The van der Waals surface area contributed by atoms with Gasteiger partial charge in [-0.1, -0.05) is 48.9 Å². The van der Waals surface area contributed by atoms with E-state index in [9.17, 15) is 18.0 Å². The summed E-state index contributed by atoms with van der Waals surface area (Å²) in [7, 11) is 0. The zero-order valence-corrected chi connectivity index (χ0v) is 22.6. The number of alkyl halides is 3. The van der Waals surface area contributed by atoms with Crippen molar-refractivity contribution in [2.45, 2.75) is 32.4 Å². The minimum Gasteiger partial charge on any atom is -0.339 e. The third-order valence-electron chi connectivity index (χ3n) is 6.01. The molecule has 8 nitrogen and oxygen atoms in total. The molecule has 2 heterocycles.